The lowest BCUT2D eigenvalue weighted by Gasteiger charge is -2.33. The molecule has 1 spiro atoms. The first-order valence-electron chi connectivity index (χ1n) is 21.3. The van der Waals surface area contributed by atoms with Crippen molar-refractivity contribution < 1.29 is 0 Å². The molecular formula is C59H42N2. The van der Waals surface area contributed by atoms with E-state index in [1.165, 1.54) is 82.9 Å². The second-order valence-electron chi connectivity index (χ2n) is 16.7. The molecule has 0 saturated heterocycles. The van der Waals surface area contributed by atoms with Crippen molar-refractivity contribution in [1.29, 1.82) is 0 Å². The first-order chi connectivity index (χ1) is 30.1. The van der Waals surface area contributed by atoms with Crippen LogP contribution in [-0.4, -0.2) is 0 Å². The van der Waals surface area contributed by atoms with Gasteiger partial charge in [-0.15, -0.1) is 0 Å². The van der Waals surface area contributed by atoms with Crippen LogP contribution in [0.15, 0.2) is 218 Å². The van der Waals surface area contributed by atoms with E-state index in [0.717, 1.165) is 28.4 Å². The summed E-state index contributed by atoms with van der Waals surface area (Å²) < 4.78 is 0. The first kappa shape index (κ1) is 35.3. The fraction of sp³-hybridized carbons (Fsp3) is 0.0508. The van der Waals surface area contributed by atoms with Crippen molar-refractivity contribution in [3.8, 4) is 22.3 Å². The van der Waals surface area contributed by atoms with Crippen molar-refractivity contribution in [2.45, 2.75) is 19.3 Å². The number of benzene rings is 10. The molecule has 0 radical (unpaired) electrons. The zero-order valence-corrected chi connectivity index (χ0v) is 34.2. The van der Waals surface area contributed by atoms with E-state index < -0.39 is 5.41 Å². The molecule has 0 fully saturated rings. The number of nitrogens with zero attached hydrogens (tertiary/aromatic N) is 2. The number of aryl methyl sites for hydroxylation is 2. The number of anilines is 6. The summed E-state index contributed by atoms with van der Waals surface area (Å²) in [5.74, 6) is 0. The summed E-state index contributed by atoms with van der Waals surface area (Å²) in [7, 11) is 0. The highest BCUT2D eigenvalue weighted by Gasteiger charge is 2.52. The Morgan fingerprint density at radius 2 is 0.836 bits per heavy atom. The lowest BCUT2D eigenvalue weighted by Crippen LogP contribution is -2.26. The van der Waals surface area contributed by atoms with E-state index in [1.54, 1.807) is 0 Å². The van der Waals surface area contributed by atoms with Crippen LogP contribution in [0.2, 0.25) is 0 Å². The van der Waals surface area contributed by atoms with Crippen LogP contribution in [-0.2, 0) is 5.41 Å². The SMILES string of the molecule is Cc1cccc(N(c2ccccc2)c2ccc3cc4c(cc3c2)C2(c3ccccc3-c3ccccc32)c2cc(N(c3ccccc3)c3cccc(C)c3)c3ccccc3c2-4)c1. The number of hydrogen-bond acceptors (Lipinski definition) is 2. The van der Waals surface area contributed by atoms with Crippen molar-refractivity contribution in [3.63, 3.8) is 0 Å². The summed E-state index contributed by atoms with van der Waals surface area (Å²) in [6.45, 7) is 4.35. The van der Waals surface area contributed by atoms with Gasteiger partial charge in [0.1, 0.15) is 0 Å². The van der Waals surface area contributed by atoms with Gasteiger partial charge in [0, 0.05) is 33.8 Å². The van der Waals surface area contributed by atoms with Gasteiger partial charge >= 0.3 is 0 Å². The van der Waals surface area contributed by atoms with Gasteiger partial charge in [0.15, 0.2) is 0 Å². The Bertz CT molecular complexity index is 3300. The van der Waals surface area contributed by atoms with Gasteiger partial charge < -0.3 is 9.80 Å². The molecule has 0 N–H and O–H groups in total. The van der Waals surface area contributed by atoms with Crippen LogP contribution >= 0.6 is 0 Å². The third-order valence-electron chi connectivity index (χ3n) is 13.1. The zero-order chi connectivity index (χ0) is 40.7. The Hall–Kier alpha value is -7.68. The summed E-state index contributed by atoms with van der Waals surface area (Å²) >= 11 is 0. The van der Waals surface area contributed by atoms with E-state index in [9.17, 15) is 0 Å². The van der Waals surface area contributed by atoms with Crippen molar-refractivity contribution in [3.05, 3.63) is 252 Å². The van der Waals surface area contributed by atoms with Gasteiger partial charge in [-0.1, -0.05) is 140 Å². The minimum atomic E-state index is -0.550. The molecular weight excluding hydrogens is 737 g/mol. The lowest BCUT2D eigenvalue weighted by molar-refractivity contribution is 0.795. The Morgan fingerprint density at radius 1 is 0.311 bits per heavy atom. The fourth-order valence-electron chi connectivity index (χ4n) is 10.6. The monoisotopic (exact) mass is 778 g/mol. The van der Waals surface area contributed by atoms with Gasteiger partial charge in [0.25, 0.3) is 0 Å². The summed E-state index contributed by atoms with van der Waals surface area (Å²) in [5, 5.41) is 4.92. The van der Waals surface area contributed by atoms with Gasteiger partial charge in [-0.2, -0.15) is 0 Å². The quantitative estimate of drug-likeness (QED) is 0.166. The Kier molecular flexibility index (Phi) is 7.92. The zero-order valence-electron chi connectivity index (χ0n) is 34.2. The molecule has 2 nitrogen and oxygen atoms in total. The molecule has 0 unspecified atom stereocenters. The van der Waals surface area contributed by atoms with E-state index in [4.69, 9.17) is 0 Å². The maximum atomic E-state index is 2.54. The number of para-hydroxylation sites is 2. The average Bonchev–Trinajstić information content (AvgIpc) is 3.76. The molecule has 0 aliphatic heterocycles. The van der Waals surface area contributed by atoms with Crippen LogP contribution < -0.4 is 9.80 Å². The van der Waals surface area contributed by atoms with Crippen LogP contribution in [0.3, 0.4) is 0 Å². The van der Waals surface area contributed by atoms with E-state index in [-0.39, 0.29) is 0 Å². The molecule has 0 atom stereocenters. The molecule has 0 amide bonds. The van der Waals surface area contributed by atoms with Gasteiger partial charge in [-0.25, -0.2) is 0 Å². The molecule has 10 aromatic carbocycles. The van der Waals surface area contributed by atoms with Crippen molar-refractivity contribution >= 4 is 55.7 Å². The standard InChI is InChI=1S/C59H42N2/c1-39-17-15-23-45(33-39)60(43-19-5-3-6-20-43)47-32-31-41-36-52-55(37-42(41)35-47)59(53-29-13-11-25-48(53)49-26-12-14-30-54(49)59)56-38-57(50-27-9-10-28-51(50)58(52)56)61(44-21-7-4-8-22-44)46-24-16-18-40(2)34-46/h3-38H,1-2H3. The second-order valence-corrected chi connectivity index (χ2v) is 16.7. The van der Waals surface area contributed by atoms with Crippen molar-refractivity contribution in [1.82, 2.24) is 0 Å². The van der Waals surface area contributed by atoms with Crippen LogP contribution in [0.25, 0.3) is 43.8 Å². The highest BCUT2D eigenvalue weighted by Crippen LogP contribution is 2.65. The minimum Gasteiger partial charge on any atom is -0.310 e. The molecule has 0 heterocycles. The maximum Gasteiger partial charge on any atom is 0.0726 e. The summed E-state index contributed by atoms with van der Waals surface area (Å²) in [4.78, 5) is 4.85. The van der Waals surface area contributed by atoms with E-state index >= 15 is 0 Å². The predicted octanol–water partition coefficient (Wildman–Crippen LogP) is 15.9. The Morgan fingerprint density at radius 3 is 1.48 bits per heavy atom. The van der Waals surface area contributed by atoms with Gasteiger partial charge in [0.05, 0.1) is 11.1 Å². The van der Waals surface area contributed by atoms with E-state index in [2.05, 4.69) is 242 Å². The summed E-state index contributed by atoms with van der Waals surface area (Å²) in [5.41, 5.74) is 19.3. The van der Waals surface area contributed by atoms with Crippen LogP contribution in [0.1, 0.15) is 33.4 Å². The molecule has 2 aliphatic rings. The second kappa shape index (κ2) is 13.7. The highest BCUT2D eigenvalue weighted by atomic mass is 15.1. The number of rotatable bonds is 6. The highest BCUT2D eigenvalue weighted by molar-refractivity contribution is 6.13. The largest absolute Gasteiger partial charge is 0.310 e. The maximum absolute atomic E-state index is 2.54. The molecule has 2 heteroatoms. The lowest BCUT2D eigenvalue weighted by atomic mass is 9.70. The smallest absolute Gasteiger partial charge is 0.0726 e. The van der Waals surface area contributed by atoms with Crippen molar-refractivity contribution in [2.24, 2.45) is 0 Å². The average molecular weight is 779 g/mol. The Labute approximate surface area is 357 Å². The molecule has 10 aromatic rings. The molecule has 12 rings (SSSR count). The number of fused-ring (bicyclic) bond motifs is 13. The third-order valence-corrected chi connectivity index (χ3v) is 13.1. The topological polar surface area (TPSA) is 6.48 Å². The van der Waals surface area contributed by atoms with Crippen LogP contribution in [0, 0.1) is 13.8 Å². The normalized spacial score (nSPS) is 12.9. The molecule has 0 aromatic heterocycles. The molecule has 61 heavy (non-hydrogen) atoms. The van der Waals surface area contributed by atoms with Gasteiger partial charge in [-0.3, -0.25) is 0 Å². The van der Waals surface area contributed by atoms with Crippen LogP contribution in [0.5, 0.6) is 0 Å². The van der Waals surface area contributed by atoms with Crippen LogP contribution in [0.4, 0.5) is 34.1 Å². The molecule has 0 saturated carbocycles. The van der Waals surface area contributed by atoms with E-state index in [1.807, 2.05) is 0 Å². The summed E-state index contributed by atoms with van der Waals surface area (Å²) in [6, 6.07) is 81.2. The third kappa shape index (κ3) is 5.29. The minimum absolute atomic E-state index is 0.550. The van der Waals surface area contributed by atoms with Gasteiger partial charge in [-0.05, 0) is 165 Å². The number of hydrogen-bond donors (Lipinski definition) is 0. The van der Waals surface area contributed by atoms with E-state index in [0.29, 0.717) is 0 Å². The molecule has 2 aliphatic carbocycles. The predicted molar refractivity (Wildman–Crippen MR) is 257 cm³/mol. The van der Waals surface area contributed by atoms with Crippen molar-refractivity contribution in [2.75, 3.05) is 9.80 Å². The molecule has 288 valence electrons. The first-order valence-corrected chi connectivity index (χ1v) is 21.3. The van der Waals surface area contributed by atoms with Gasteiger partial charge in [0.2, 0.25) is 0 Å². The fourth-order valence-corrected chi connectivity index (χ4v) is 10.6. The summed E-state index contributed by atoms with van der Waals surface area (Å²) in [6.07, 6.45) is 0. The Balaban J connectivity index is 1.18. The molecule has 0 bridgehead atoms.